The lowest BCUT2D eigenvalue weighted by molar-refractivity contribution is 0.261. The molecule has 0 spiro atoms. The second kappa shape index (κ2) is 13.4. The fraction of sp³-hybridized carbons (Fsp3) is 0.310. The standard InChI is InChI=1S/C29H36N4O6/c1-18-8-10-22(39-13-12-33(3)4)17-25(18)31-29(34)30-21-15-24(28(38-7)27(16-21)37-6)20-9-11-23(19(2)32-35)26(14-20)36-5/h8-11,14-17,35H,12-13H2,1-7H3,(H2,30,31,34)/b32-19+. The zero-order valence-corrected chi connectivity index (χ0v) is 23.4. The van der Waals surface area contributed by atoms with E-state index >= 15 is 0 Å². The summed E-state index contributed by atoms with van der Waals surface area (Å²) in [4.78, 5) is 15.0. The quantitative estimate of drug-likeness (QED) is 0.169. The zero-order chi connectivity index (χ0) is 28.5. The van der Waals surface area contributed by atoms with E-state index in [1.807, 2.05) is 44.1 Å². The van der Waals surface area contributed by atoms with Gasteiger partial charge in [-0.2, -0.15) is 0 Å². The van der Waals surface area contributed by atoms with Gasteiger partial charge in [0.15, 0.2) is 11.5 Å². The predicted octanol–water partition coefficient (Wildman–Crippen LogP) is 5.47. The van der Waals surface area contributed by atoms with E-state index in [0.717, 1.165) is 17.7 Å². The van der Waals surface area contributed by atoms with Gasteiger partial charge in [0.1, 0.15) is 18.1 Å². The lowest BCUT2D eigenvalue weighted by Crippen LogP contribution is -2.21. The highest BCUT2D eigenvalue weighted by molar-refractivity contribution is 6.02. The molecule has 0 aliphatic heterocycles. The summed E-state index contributed by atoms with van der Waals surface area (Å²) in [5.41, 5.74) is 4.50. The number of hydrogen-bond donors (Lipinski definition) is 3. The minimum Gasteiger partial charge on any atom is -0.496 e. The van der Waals surface area contributed by atoms with E-state index in [1.165, 1.54) is 14.2 Å². The van der Waals surface area contributed by atoms with Crippen molar-refractivity contribution in [3.05, 3.63) is 59.7 Å². The molecule has 3 rings (SSSR count). The summed E-state index contributed by atoms with van der Waals surface area (Å²) >= 11 is 0. The Kier molecular flexibility index (Phi) is 9.99. The monoisotopic (exact) mass is 536 g/mol. The van der Waals surface area contributed by atoms with Gasteiger partial charge in [-0.1, -0.05) is 17.3 Å². The molecule has 0 saturated carbocycles. The number of nitrogens with zero attached hydrogens (tertiary/aromatic N) is 2. The highest BCUT2D eigenvalue weighted by atomic mass is 16.5. The number of rotatable bonds is 11. The Morgan fingerprint density at radius 1 is 0.949 bits per heavy atom. The Morgan fingerprint density at radius 3 is 2.33 bits per heavy atom. The number of benzene rings is 3. The Hall–Kier alpha value is -4.44. The number of hydrogen-bond acceptors (Lipinski definition) is 8. The molecule has 0 aliphatic carbocycles. The lowest BCUT2D eigenvalue weighted by atomic mass is 9.99. The van der Waals surface area contributed by atoms with E-state index in [0.29, 0.717) is 57.8 Å². The molecule has 10 nitrogen and oxygen atoms in total. The van der Waals surface area contributed by atoms with Crippen LogP contribution in [0.15, 0.2) is 53.7 Å². The van der Waals surface area contributed by atoms with Crippen LogP contribution < -0.4 is 29.6 Å². The molecule has 0 aliphatic rings. The molecule has 3 aromatic carbocycles. The molecule has 39 heavy (non-hydrogen) atoms. The summed E-state index contributed by atoms with van der Waals surface area (Å²) in [5.74, 6) is 2.12. The molecule has 0 saturated heterocycles. The van der Waals surface area contributed by atoms with Crippen molar-refractivity contribution in [3.63, 3.8) is 0 Å². The van der Waals surface area contributed by atoms with E-state index in [9.17, 15) is 10.0 Å². The summed E-state index contributed by atoms with van der Waals surface area (Å²) in [6.07, 6.45) is 0. The number of ether oxygens (including phenoxy) is 4. The Balaban J connectivity index is 1.89. The molecule has 10 heteroatoms. The van der Waals surface area contributed by atoms with Gasteiger partial charge in [0, 0.05) is 41.2 Å². The van der Waals surface area contributed by atoms with Gasteiger partial charge in [0.05, 0.1) is 27.0 Å². The number of urea groups is 1. The first-order valence-electron chi connectivity index (χ1n) is 12.3. The first kappa shape index (κ1) is 29.1. The average molecular weight is 537 g/mol. The van der Waals surface area contributed by atoms with Gasteiger partial charge in [-0.15, -0.1) is 0 Å². The van der Waals surface area contributed by atoms with Gasteiger partial charge in [-0.05, 0) is 63.3 Å². The van der Waals surface area contributed by atoms with Gasteiger partial charge in [0.25, 0.3) is 0 Å². The Labute approximate surface area is 229 Å². The number of anilines is 2. The fourth-order valence-corrected chi connectivity index (χ4v) is 3.92. The normalized spacial score (nSPS) is 11.2. The van der Waals surface area contributed by atoms with Crippen LogP contribution in [-0.4, -0.2) is 70.4 Å². The van der Waals surface area contributed by atoms with E-state index < -0.39 is 6.03 Å². The van der Waals surface area contributed by atoms with Crippen molar-refractivity contribution in [3.8, 4) is 34.1 Å². The number of methoxy groups -OCH3 is 3. The third-order valence-electron chi connectivity index (χ3n) is 6.05. The molecule has 0 aromatic heterocycles. The van der Waals surface area contributed by atoms with Gasteiger partial charge < -0.3 is 39.7 Å². The van der Waals surface area contributed by atoms with Crippen molar-refractivity contribution < 1.29 is 28.9 Å². The van der Waals surface area contributed by atoms with E-state index in [2.05, 4.69) is 15.8 Å². The van der Waals surface area contributed by atoms with Crippen molar-refractivity contribution in [2.75, 3.05) is 59.2 Å². The SMILES string of the molecule is COc1cc(-c2cc(NC(=O)Nc3cc(OCCN(C)C)ccc3C)cc(OC)c2OC)ccc1/C(C)=N/O. The Morgan fingerprint density at radius 2 is 1.69 bits per heavy atom. The maximum absolute atomic E-state index is 13.0. The first-order chi connectivity index (χ1) is 18.7. The average Bonchev–Trinajstić information content (AvgIpc) is 2.93. The van der Waals surface area contributed by atoms with E-state index in [4.69, 9.17) is 18.9 Å². The molecule has 3 N–H and O–H groups in total. The third kappa shape index (κ3) is 7.32. The molecule has 0 fully saturated rings. The van der Waals surface area contributed by atoms with Crippen molar-refractivity contribution in [1.29, 1.82) is 0 Å². The molecule has 0 heterocycles. The number of nitrogens with one attached hydrogen (secondary N) is 2. The van der Waals surface area contributed by atoms with Gasteiger partial charge in [-0.3, -0.25) is 0 Å². The molecule has 3 aromatic rings. The number of carbonyl (C=O) groups is 1. The predicted molar refractivity (Wildman–Crippen MR) is 153 cm³/mol. The number of aryl methyl sites for hydroxylation is 1. The Bertz CT molecular complexity index is 1340. The van der Waals surface area contributed by atoms with Crippen LogP contribution in [0.4, 0.5) is 16.2 Å². The van der Waals surface area contributed by atoms with Crippen LogP contribution in [0.5, 0.6) is 23.0 Å². The van der Waals surface area contributed by atoms with Gasteiger partial charge >= 0.3 is 6.03 Å². The van der Waals surface area contributed by atoms with E-state index in [1.54, 1.807) is 44.4 Å². The van der Waals surface area contributed by atoms with Gasteiger partial charge in [-0.25, -0.2) is 4.79 Å². The smallest absolute Gasteiger partial charge is 0.323 e. The minimum absolute atomic E-state index is 0.414. The minimum atomic E-state index is -0.426. The lowest BCUT2D eigenvalue weighted by Gasteiger charge is -2.18. The first-order valence-corrected chi connectivity index (χ1v) is 12.3. The maximum Gasteiger partial charge on any atom is 0.323 e. The summed E-state index contributed by atoms with van der Waals surface area (Å²) in [6, 6.07) is 14.1. The van der Waals surface area contributed by atoms with Gasteiger partial charge in [0.2, 0.25) is 0 Å². The highest BCUT2D eigenvalue weighted by Gasteiger charge is 2.18. The van der Waals surface area contributed by atoms with Crippen LogP contribution in [0.1, 0.15) is 18.1 Å². The molecule has 0 radical (unpaired) electrons. The summed E-state index contributed by atoms with van der Waals surface area (Å²) in [6.45, 7) is 4.90. The van der Waals surface area contributed by atoms with Crippen LogP contribution in [0.25, 0.3) is 11.1 Å². The van der Waals surface area contributed by atoms with Crippen molar-refractivity contribution in [2.45, 2.75) is 13.8 Å². The molecule has 2 amide bonds. The number of oxime groups is 1. The number of amides is 2. The molecule has 0 unspecified atom stereocenters. The number of likely N-dealkylation sites (N-methyl/N-ethyl adjacent to an activating group) is 1. The summed E-state index contributed by atoms with van der Waals surface area (Å²) in [5, 5.41) is 18.3. The second-order valence-electron chi connectivity index (χ2n) is 9.07. The maximum atomic E-state index is 13.0. The highest BCUT2D eigenvalue weighted by Crippen LogP contribution is 2.42. The molecule has 208 valence electrons. The van der Waals surface area contributed by atoms with Crippen LogP contribution in [-0.2, 0) is 0 Å². The molecular weight excluding hydrogens is 500 g/mol. The third-order valence-corrected chi connectivity index (χ3v) is 6.05. The van der Waals surface area contributed by atoms with Crippen molar-refractivity contribution >= 4 is 23.1 Å². The van der Waals surface area contributed by atoms with E-state index in [-0.39, 0.29) is 0 Å². The van der Waals surface area contributed by atoms with Crippen LogP contribution >= 0.6 is 0 Å². The molecule has 0 atom stereocenters. The zero-order valence-electron chi connectivity index (χ0n) is 23.4. The summed E-state index contributed by atoms with van der Waals surface area (Å²) in [7, 11) is 8.58. The molecule has 0 bridgehead atoms. The fourth-order valence-electron chi connectivity index (χ4n) is 3.92. The number of carbonyl (C=O) groups excluding carboxylic acids is 1. The summed E-state index contributed by atoms with van der Waals surface area (Å²) < 4.78 is 22.5. The molecular formula is C29H36N4O6. The largest absolute Gasteiger partial charge is 0.496 e. The van der Waals surface area contributed by atoms with Crippen LogP contribution in [0.2, 0.25) is 0 Å². The van der Waals surface area contributed by atoms with Crippen molar-refractivity contribution in [2.24, 2.45) is 5.16 Å². The van der Waals surface area contributed by atoms with Crippen LogP contribution in [0, 0.1) is 6.92 Å². The topological polar surface area (TPSA) is 114 Å². The second-order valence-corrected chi connectivity index (χ2v) is 9.07. The van der Waals surface area contributed by atoms with Crippen molar-refractivity contribution in [1.82, 2.24) is 4.90 Å². The van der Waals surface area contributed by atoms with Crippen LogP contribution in [0.3, 0.4) is 0 Å².